The summed E-state index contributed by atoms with van der Waals surface area (Å²) in [5, 5.41) is 11.4. The van der Waals surface area contributed by atoms with Crippen LogP contribution < -0.4 is 10.4 Å². The van der Waals surface area contributed by atoms with E-state index in [1.54, 1.807) is 0 Å². The van der Waals surface area contributed by atoms with E-state index >= 15 is 0 Å². The van der Waals surface area contributed by atoms with Crippen LogP contribution in [0.2, 0.25) is 0 Å². The fourth-order valence-corrected chi connectivity index (χ4v) is 0.683. The summed E-state index contributed by atoms with van der Waals surface area (Å²) in [5.74, 6) is -5.56. The van der Waals surface area contributed by atoms with Crippen LogP contribution in [0, 0.1) is 0 Å². The second-order valence-corrected chi connectivity index (χ2v) is 2.62. The number of esters is 1. The number of halogens is 3. The molecule has 0 spiro atoms. The minimum absolute atomic E-state index is 0.917. The molecule has 0 aromatic heterocycles. The SMILES string of the molecule is COC(=O)C[C@H](NC(=O)C(F)(F)F)C(=O)[O-]. The molecule has 0 aliphatic carbocycles. The minimum Gasteiger partial charge on any atom is -0.548 e. The summed E-state index contributed by atoms with van der Waals surface area (Å²) < 4.78 is 39.3. The normalized spacial score (nSPS) is 12.8. The second-order valence-electron chi connectivity index (χ2n) is 2.62. The maximum atomic E-state index is 11.8. The third kappa shape index (κ3) is 4.62. The lowest BCUT2D eigenvalue weighted by Crippen LogP contribution is -2.52. The molecule has 0 aliphatic heterocycles. The molecule has 0 unspecified atom stereocenters. The van der Waals surface area contributed by atoms with Crippen LogP contribution in [0.15, 0.2) is 0 Å². The van der Waals surface area contributed by atoms with Crippen molar-refractivity contribution >= 4 is 17.8 Å². The van der Waals surface area contributed by atoms with Gasteiger partial charge in [0.2, 0.25) is 0 Å². The van der Waals surface area contributed by atoms with Gasteiger partial charge < -0.3 is 20.0 Å². The molecule has 0 aromatic rings. The number of aliphatic carboxylic acids is 1. The first kappa shape index (κ1) is 14.2. The minimum atomic E-state index is -5.23. The van der Waals surface area contributed by atoms with E-state index in [1.807, 2.05) is 0 Å². The predicted molar refractivity (Wildman–Crippen MR) is 39.6 cm³/mol. The smallest absolute Gasteiger partial charge is 0.471 e. The largest absolute Gasteiger partial charge is 0.548 e. The van der Waals surface area contributed by atoms with Crippen molar-refractivity contribution in [2.75, 3.05) is 7.11 Å². The van der Waals surface area contributed by atoms with Crippen LogP contribution in [0.3, 0.4) is 0 Å². The van der Waals surface area contributed by atoms with Crippen LogP contribution in [-0.2, 0) is 19.1 Å². The lowest BCUT2D eigenvalue weighted by atomic mass is 10.2. The van der Waals surface area contributed by atoms with E-state index in [0.29, 0.717) is 0 Å². The predicted octanol–water partition coefficient (Wildman–Crippen LogP) is -1.65. The van der Waals surface area contributed by atoms with Crippen molar-refractivity contribution in [3.8, 4) is 0 Å². The van der Waals surface area contributed by atoms with Crippen LogP contribution in [-0.4, -0.2) is 37.2 Å². The van der Waals surface area contributed by atoms with Crippen molar-refractivity contribution in [2.24, 2.45) is 0 Å². The number of alkyl halides is 3. The Balaban J connectivity index is 4.53. The highest BCUT2D eigenvalue weighted by Crippen LogP contribution is 2.14. The van der Waals surface area contributed by atoms with Crippen LogP contribution in [0.1, 0.15) is 6.42 Å². The van der Waals surface area contributed by atoms with Gasteiger partial charge in [-0.1, -0.05) is 0 Å². The zero-order valence-corrected chi connectivity index (χ0v) is 7.96. The monoisotopic (exact) mass is 242 g/mol. The average Bonchev–Trinajstić information content (AvgIpc) is 2.14. The standard InChI is InChI=1S/C7H8F3NO5/c1-16-4(12)2-3(5(13)14)11-6(15)7(8,9)10/h3H,2H2,1H3,(H,11,15)(H,13,14)/p-1/t3-/m0/s1. The van der Waals surface area contributed by atoms with Gasteiger partial charge in [0, 0.05) is 0 Å². The summed E-state index contributed by atoms with van der Waals surface area (Å²) in [5.41, 5.74) is 0. The average molecular weight is 242 g/mol. The van der Waals surface area contributed by atoms with Gasteiger partial charge >= 0.3 is 18.1 Å². The van der Waals surface area contributed by atoms with Gasteiger partial charge in [-0.2, -0.15) is 13.2 Å². The first-order valence-electron chi connectivity index (χ1n) is 3.83. The zero-order chi connectivity index (χ0) is 12.9. The van der Waals surface area contributed by atoms with E-state index in [9.17, 15) is 32.7 Å². The van der Waals surface area contributed by atoms with Crippen LogP contribution in [0.25, 0.3) is 0 Å². The zero-order valence-electron chi connectivity index (χ0n) is 7.96. The van der Waals surface area contributed by atoms with E-state index in [2.05, 4.69) is 4.74 Å². The van der Waals surface area contributed by atoms with Crippen LogP contribution in [0.4, 0.5) is 13.2 Å². The molecule has 0 saturated heterocycles. The molecule has 6 nitrogen and oxygen atoms in total. The second kappa shape index (κ2) is 5.33. The molecule has 0 bridgehead atoms. The van der Waals surface area contributed by atoms with Crippen molar-refractivity contribution in [1.82, 2.24) is 5.32 Å². The van der Waals surface area contributed by atoms with Crippen molar-refractivity contribution in [2.45, 2.75) is 18.6 Å². The Morgan fingerprint density at radius 1 is 1.38 bits per heavy atom. The number of hydrogen-bond donors (Lipinski definition) is 1. The molecule has 0 aliphatic rings. The maximum Gasteiger partial charge on any atom is 0.471 e. The first-order valence-corrected chi connectivity index (χ1v) is 3.83. The van der Waals surface area contributed by atoms with Gasteiger partial charge in [0.1, 0.15) is 0 Å². The Hall–Kier alpha value is -1.80. The summed E-state index contributed by atoms with van der Waals surface area (Å²) in [4.78, 5) is 31.3. The summed E-state index contributed by atoms with van der Waals surface area (Å²) in [6.45, 7) is 0. The van der Waals surface area contributed by atoms with Crippen LogP contribution >= 0.6 is 0 Å². The number of carbonyl (C=O) groups excluding carboxylic acids is 3. The van der Waals surface area contributed by atoms with Gasteiger partial charge in [0.05, 0.1) is 25.5 Å². The number of nitrogens with one attached hydrogen (secondary N) is 1. The number of rotatable bonds is 4. The van der Waals surface area contributed by atoms with Crippen molar-refractivity contribution in [3.05, 3.63) is 0 Å². The molecule has 1 atom stereocenters. The number of carboxylic acid groups (broad SMARTS) is 1. The van der Waals surface area contributed by atoms with Gasteiger partial charge in [-0.25, -0.2) is 0 Å². The molecule has 0 aromatic carbocycles. The molecule has 0 saturated carbocycles. The lowest BCUT2D eigenvalue weighted by molar-refractivity contribution is -0.308. The van der Waals surface area contributed by atoms with Gasteiger partial charge in [-0.05, 0) is 0 Å². The summed E-state index contributed by atoms with van der Waals surface area (Å²) in [7, 11) is 0.917. The Morgan fingerprint density at radius 3 is 2.19 bits per heavy atom. The Kier molecular flexibility index (Phi) is 4.73. The Labute approximate surface area is 87.4 Å². The molecule has 9 heteroatoms. The summed E-state index contributed by atoms with van der Waals surface area (Å²) in [6, 6.07) is -2.08. The summed E-state index contributed by atoms with van der Waals surface area (Å²) in [6.07, 6.45) is -6.18. The maximum absolute atomic E-state index is 11.8. The van der Waals surface area contributed by atoms with Gasteiger partial charge in [-0.3, -0.25) is 9.59 Å². The highest BCUT2D eigenvalue weighted by atomic mass is 19.4. The number of methoxy groups -OCH3 is 1. The molecule has 1 amide bonds. The fourth-order valence-electron chi connectivity index (χ4n) is 0.683. The van der Waals surface area contributed by atoms with E-state index in [4.69, 9.17) is 0 Å². The summed E-state index contributed by atoms with van der Waals surface area (Å²) >= 11 is 0. The molecule has 0 rings (SSSR count). The highest BCUT2D eigenvalue weighted by molar-refractivity contribution is 5.88. The molecule has 16 heavy (non-hydrogen) atoms. The number of ether oxygens (including phenoxy) is 1. The Bertz CT molecular complexity index is 301. The van der Waals surface area contributed by atoms with Crippen LogP contribution in [0.5, 0.6) is 0 Å². The molecule has 1 N–H and O–H groups in total. The van der Waals surface area contributed by atoms with Gasteiger partial charge in [0.25, 0.3) is 0 Å². The molecular weight excluding hydrogens is 235 g/mol. The molecule has 0 fully saturated rings. The van der Waals surface area contributed by atoms with E-state index in [0.717, 1.165) is 12.4 Å². The van der Waals surface area contributed by atoms with Crippen molar-refractivity contribution < 1.29 is 37.4 Å². The topological polar surface area (TPSA) is 95.5 Å². The Morgan fingerprint density at radius 2 is 1.88 bits per heavy atom. The van der Waals surface area contributed by atoms with E-state index in [1.165, 1.54) is 0 Å². The molecular formula is C7H7F3NO5-. The molecule has 0 heterocycles. The van der Waals surface area contributed by atoms with E-state index in [-0.39, 0.29) is 0 Å². The van der Waals surface area contributed by atoms with Gasteiger partial charge in [-0.15, -0.1) is 0 Å². The number of carbonyl (C=O) groups is 3. The third-order valence-electron chi connectivity index (χ3n) is 1.45. The fraction of sp³-hybridized carbons (Fsp3) is 0.571. The number of hydrogen-bond acceptors (Lipinski definition) is 5. The quantitative estimate of drug-likeness (QED) is 0.595. The lowest BCUT2D eigenvalue weighted by Gasteiger charge is -2.19. The molecule has 0 radical (unpaired) electrons. The van der Waals surface area contributed by atoms with Crippen molar-refractivity contribution in [3.63, 3.8) is 0 Å². The molecule has 92 valence electrons. The highest BCUT2D eigenvalue weighted by Gasteiger charge is 2.40. The van der Waals surface area contributed by atoms with Gasteiger partial charge in [0.15, 0.2) is 0 Å². The number of carboxylic acids is 1. The third-order valence-corrected chi connectivity index (χ3v) is 1.45. The first-order chi connectivity index (χ1) is 7.18. The van der Waals surface area contributed by atoms with E-state index < -0.39 is 36.5 Å². The number of amides is 1. The van der Waals surface area contributed by atoms with Crippen molar-refractivity contribution in [1.29, 1.82) is 0 Å².